The van der Waals surface area contributed by atoms with Gasteiger partial charge >= 0.3 is 6.03 Å². The van der Waals surface area contributed by atoms with E-state index in [4.69, 9.17) is 4.74 Å². The van der Waals surface area contributed by atoms with Gasteiger partial charge in [0.05, 0.1) is 18.7 Å². The fourth-order valence-electron chi connectivity index (χ4n) is 3.57. The summed E-state index contributed by atoms with van der Waals surface area (Å²) in [4.78, 5) is 14.8. The third-order valence-corrected chi connectivity index (χ3v) is 5.07. The number of ether oxygens (including phenoxy) is 1. The average Bonchev–Trinajstić information content (AvgIpc) is 2.56. The Balaban J connectivity index is 1.68. The molecule has 1 aliphatic carbocycles. The molecule has 1 N–H and O–H groups in total. The molecular weight excluding hydrogens is 288 g/mol. The van der Waals surface area contributed by atoms with Crippen molar-refractivity contribution >= 4 is 6.03 Å². The quantitative estimate of drug-likeness (QED) is 0.899. The number of nitrogens with one attached hydrogen (secondary N) is 1. The molecule has 126 valence electrons. The van der Waals surface area contributed by atoms with Crippen LogP contribution in [0.5, 0.6) is 0 Å². The van der Waals surface area contributed by atoms with Gasteiger partial charge < -0.3 is 15.0 Å². The molecule has 1 saturated heterocycles. The molecular formula is C19H28N2O2. The van der Waals surface area contributed by atoms with E-state index in [1.165, 1.54) is 19.3 Å². The molecule has 0 aromatic heterocycles. The Hall–Kier alpha value is -1.55. The second-order valence-corrected chi connectivity index (χ2v) is 7.42. The van der Waals surface area contributed by atoms with Gasteiger partial charge in [0.1, 0.15) is 6.10 Å². The monoisotopic (exact) mass is 316 g/mol. The second kappa shape index (κ2) is 6.91. The summed E-state index contributed by atoms with van der Waals surface area (Å²) in [7, 11) is 0. The Bertz CT molecular complexity index is 523. The smallest absolute Gasteiger partial charge is 0.318 e. The van der Waals surface area contributed by atoms with Crippen LogP contribution in [-0.2, 0) is 4.74 Å². The molecule has 1 aromatic carbocycles. The number of carbonyl (C=O) groups excluding carboxylic acids is 1. The zero-order valence-electron chi connectivity index (χ0n) is 14.3. The highest BCUT2D eigenvalue weighted by Gasteiger charge is 2.39. The molecule has 1 saturated carbocycles. The lowest BCUT2D eigenvalue weighted by Gasteiger charge is -2.46. The van der Waals surface area contributed by atoms with Gasteiger partial charge in [0.15, 0.2) is 0 Å². The maximum atomic E-state index is 12.8. The highest BCUT2D eigenvalue weighted by atomic mass is 16.5. The molecule has 2 fully saturated rings. The van der Waals surface area contributed by atoms with Crippen molar-refractivity contribution in [2.45, 2.75) is 63.6 Å². The first kappa shape index (κ1) is 16.3. The van der Waals surface area contributed by atoms with Crippen LogP contribution in [0.3, 0.4) is 0 Å². The SMILES string of the molecule is CC1(C)COC(c2ccccc2)CN1C(=O)NC1CCCCC1. The third-order valence-electron chi connectivity index (χ3n) is 5.07. The van der Waals surface area contributed by atoms with Gasteiger partial charge in [-0.3, -0.25) is 0 Å². The number of benzene rings is 1. The molecule has 23 heavy (non-hydrogen) atoms. The summed E-state index contributed by atoms with van der Waals surface area (Å²) in [6, 6.07) is 10.6. The Morgan fingerprint density at radius 1 is 1.17 bits per heavy atom. The minimum Gasteiger partial charge on any atom is -0.369 e. The molecule has 1 unspecified atom stereocenters. The fourth-order valence-corrected chi connectivity index (χ4v) is 3.57. The molecule has 1 aliphatic heterocycles. The van der Waals surface area contributed by atoms with Crippen molar-refractivity contribution in [1.82, 2.24) is 10.2 Å². The number of hydrogen-bond acceptors (Lipinski definition) is 2. The lowest BCUT2D eigenvalue weighted by Crippen LogP contribution is -2.60. The molecule has 0 bridgehead atoms. The third kappa shape index (κ3) is 3.86. The van der Waals surface area contributed by atoms with Gasteiger partial charge in [-0.05, 0) is 32.3 Å². The van der Waals surface area contributed by atoms with Crippen molar-refractivity contribution in [2.24, 2.45) is 0 Å². The maximum absolute atomic E-state index is 12.8. The van der Waals surface area contributed by atoms with E-state index < -0.39 is 0 Å². The van der Waals surface area contributed by atoms with E-state index in [0.29, 0.717) is 19.2 Å². The largest absolute Gasteiger partial charge is 0.369 e. The van der Waals surface area contributed by atoms with Crippen LogP contribution in [-0.4, -0.2) is 35.7 Å². The van der Waals surface area contributed by atoms with Crippen LogP contribution in [0.2, 0.25) is 0 Å². The van der Waals surface area contributed by atoms with Crippen molar-refractivity contribution < 1.29 is 9.53 Å². The van der Waals surface area contributed by atoms with Crippen LogP contribution < -0.4 is 5.32 Å². The minimum absolute atomic E-state index is 0.0404. The van der Waals surface area contributed by atoms with E-state index in [9.17, 15) is 4.79 Å². The Morgan fingerprint density at radius 2 is 1.87 bits per heavy atom. The van der Waals surface area contributed by atoms with Gasteiger partial charge in [0, 0.05) is 6.04 Å². The van der Waals surface area contributed by atoms with E-state index in [0.717, 1.165) is 18.4 Å². The summed E-state index contributed by atoms with van der Waals surface area (Å²) in [5, 5.41) is 3.25. The first-order valence-corrected chi connectivity index (χ1v) is 8.81. The molecule has 0 radical (unpaired) electrons. The van der Waals surface area contributed by atoms with Crippen molar-refractivity contribution in [3.63, 3.8) is 0 Å². The van der Waals surface area contributed by atoms with Crippen LogP contribution >= 0.6 is 0 Å². The molecule has 1 aromatic rings. The summed E-state index contributed by atoms with van der Waals surface area (Å²) in [5.74, 6) is 0. The van der Waals surface area contributed by atoms with Crippen LogP contribution in [0.1, 0.15) is 57.6 Å². The molecule has 4 heteroatoms. The summed E-state index contributed by atoms with van der Waals surface area (Å²) < 4.78 is 6.03. The van der Waals surface area contributed by atoms with E-state index in [1.54, 1.807) is 0 Å². The Kier molecular flexibility index (Phi) is 4.90. The lowest BCUT2D eigenvalue weighted by molar-refractivity contribution is -0.0807. The van der Waals surface area contributed by atoms with Gasteiger partial charge in [-0.2, -0.15) is 0 Å². The maximum Gasteiger partial charge on any atom is 0.318 e. The first-order chi connectivity index (χ1) is 11.1. The molecule has 1 heterocycles. The number of carbonyl (C=O) groups is 1. The normalized spacial score (nSPS) is 25.1. The van der Waals surface area contributed by atoms with Gasteiger partial charge in [0.2, 0.25) is 0 Å². The predicted molar refractivity (Wildman–Crippen MR) is 91.3 cm³/mol. The molecule has 1 atom stereocenters. The van der Waals surface area contributed by atoms with Crippen LogP contribution in [0.15, 0.2) is 30.3 Å². The molecule has 2 amide bonds. The summed E-state index contributed by atoms with van der Waals surface area (Å²) in [5.41, 5.74) is 0.864. The molecule has 2 aliphatic rings. The van der Waals surface area contributed by atoms with Gasteiger partial charge in [-0.25, -0.2) is 4.79 Å². The van der Waals surface area contributed by atoms with Crippen molar-refractivity contribution in [3.8, 4) is 0 Å². The lowest BCUT2D eigenvalue weighted by atomic mass is 9.95. The van der Waals surface area contributed by atoms with Gasteiger partial charge in [-0.15, -0.1) is 0 Å². The van der Waals surface area contributed by atoms with Crippen molar-refractivity contribution in [3.05, 3.63) is 35.9 Å². The van der Waals surface area contributed by atoms with Gasteiger partial charge in [0.25, 0.3) is 0 Å². The van der Waals surface area contributed by atoms with Crippen LogP contribution in [0.4, 0.5) is 4.79 Å². The van der Waals surface area contributed by atoms with Crippen LogP contribution in [0.25, 0.3) is 0 Å². The second-order valence-electron chi connectivity index (χ2n) is 7.42. The zero-order valence-corrected chi connectivity index (χ0v) is 14.3. The first-order valence-electron chi connectivity index (χ1n) is 8.81. The number of amides is 2. The van der Waals surface area contributed by atoms with Crippen LogP contribution in [0, 0.1) is 0 Å². The topological polar surface area (TPSA) is 41.6 Å². The standard InChI is InChI=1S/C19H28N2O2/c1-19(2)14-23-17(15-9-5-3-6-10-15)13-21(19)18(22)20-16-11-7-4-8-12-16/h3,5-6,9-10,16-17H,4,7-8,11-14H2,1-2H3,(H,20,22). The number of rotatable bonds is 2. The fraction of sp³-hybridized carbons (Fsp3) is 0.632. The Labute approximate surface area is 139 Å². The van der Waals surface area contributed by atoms with E-state index in [-0.39, 0.29) is 17.7 Å². The predicted octanol–water partition coefficient (Wildman–Crippen LogP) is 3.88. The summed E-state index contributed by atoms with van der Waals surface area (Å²) >= 11 is 0. The average molecular weight is 316 g/mol. The van der Waals surface area contributed by atoms with Crippen molar-refractivity contribution in [2.75, 3.05) is 13.2 Å². The Morgan fingerprint density at radius 3 is 2.57 bits per heavy atom. The number of morpholine rings is 1. The minimum atomic E-state index is -0.274. The number of urea groups is 1. The highest BCUT2D eigenvalue weighted by molar-refractivity contribution is 5.75. The van der Waals surface area contributed by atoms with E-state index in [1.807, 2.05) is 23.1 Å². The van der Waals surface area contributed by atoms with E-state index >= 15 is 0 Å². The van der Waals surface area contributed by atoms with Gasteiger partial charge in [-0.1, -0.05) is 49.6 Å². The highest BCUT2D eigenvalue weighted by Crippen LogP contribution is 2.30. The number of hydrogen-bond donors (Lipinski definition) is 1. The van der Waals surface area contributed by atoms with E-state index in [2.05, 4.69) is 31.3 Å². The number of nitrogens with zero attached hydrogens (tertiary/aromatic N) is 1. The zero-order chi connectivity index (χ0) is 16.3. The van der Waals surface area contributed by atoms with Crippen molar-refractivity contribution in [1.29, 1.82) is 0 Å². The molecule has 0 spiro atoms. The summed E-state index contributed by atoms with van der Waals surface area (Å²) in [6.07, 6.45) is 5.93. The molecule has 3 rings (SSSR count). The summed E-state index contributed by atoms with van der Waals surface area (Å²) in [6.45, 7) is 5.32. The molecule has 4 nitrogen and oxygen atoms in total.